The van der Waals surface area contributed by atoms with Gasteiger partial charge in [-0.2, -0.15) is 0 Å². The number of likely N-dealkylation sites (N-methyl/N-ethyl adjacent to an activating group) is 1. The number of carbonyl (C=O) groups excluding carboxylic acids is 2. The first-order chi connectivity index (χ1) is 11.6. The van der Waals surface area contributed by atoms with Crippen LogP contribution < -0.4 is 5.32 Å². The number of likely N-dealkylation sites (tertiary alicyclic amines) is 2. The summed E-state index contributed by atoms with van der Waals surface area (Å²) in [5, 5.41) is 2.93. The lowest BCUT2D eigenvalue weighted by Crippen LogP contribution is -2.52. The van der Waals surface area contributed by atoms with Gasteiger partial charge in [0.25, 0.3) is 0 Å². The van der Waals surface area contributed by atoms with Gasteiger partial charge in [-0.1, -0.05) is 30.3 Å². The molecule has 2 fully saturated rings. The lowest BCUT2D eigenvalue weighted by atomic mass is 9.72. The molecule has 2 aliphatic rings. The molecule has 0 unspecified atom stereocenters. The summed E-state index contributed by atoms with van der Waals surface area (Å²) < 4.78 is 0. The minimum Gasteiger partial charge on any atom is -0.342 e. The maximum absolute atomic E-state index is 12.3. The molecule has 2 saturated heterocycles. The van der Waals surface area contributed by atoms with E-state index in [-0.39, 0.29) is 29.6 Å². The molecule has 1 N–H and O–H groups in total. The van der Waals surface area contributed by atoms with Crippen LogP contribution in [0.1, 0.15) is 31.2 Å². The molecule has 0 aromatic heterocycles. The molecule has 5 nitrogen and oxygen atoms in total. The largest absolute Gasteiger partial charge is 0.342 e. The second-order valence-corrected chi connectivity index (χ2v) is 7.15. The molecule has 2 aliphatic heterocycles. The van der Waals surface area contributed by atoms with Crippen LogP contribution in [-0.2, 0) is 16.1 Å². The molecule has 2 amide bonds. The van der Waals surface area contributed by atoms with E-state index in [1.807, 2.05) is 28.0 Å². The van der Waals surface area contributed by atoms with Crippen molar-refractivity contribution in [2.45, 2.75) is 32.2 Å². The van der Waals surface area contributed by atoms with E-state index in [0.717, 1.165) is 38.9 Å². The van der Waals surface area contributed by atoms with E-state index in [1.54, 1.807) is 7.05 Å². The van der Waals surface area contributed by atoms with Crippen LogP contribution in [0.3, 0.4) is 0 Å². The van der Waals surface area contributed by atoms with Gasteiger partial charge in [-0.3, -0.25) is 9.59 Å². The van der Waals surface area contributed by atoms with Crippen molar-refractivity contribution in [1.82, 2.24) is 15.1 Å². The molecule has 0 atom stereocenters. The molecule has 0 saturated carbocycles. The lowest BCUT2D eigenvalue weighted by molar-refractivity contribution is -0.142. The van der Waals surface area contributed by atoms with Crippen LogP contribution in [-0.4, -0.2) is 54.8 Å². The Morgan fingerprint density at radius 2 is 1.84 bits per heavy atom. The van der Waals surface area contributed by atoms with Crippen molar-refractivity contribution in [1.29, 1.82) is 0 Å². The normalized spacial score (nSPS) is 19.6. The number of hydrogen-bond donors (Lipinski definition) is 1. The lowest BCUT2D eigenvalue weighted by Gasteiger charge is -2.47. The van der Waals surface area contributed by atoms with Crippen molar-refractivity contribution in [2.75, 3.05) is 33.2 Å². The molecule has 6 heteroatoms. The number of benzene rings is 1. The molecular weight excluding hydrogens is 338 g/mol. The Kier molecular flexibility index (Phi) is 6.85. The highest BCUT2D eigenvalue weighted by molar-refractivity contribution is 5.85. The molecule has 0 bridgehead atoms. The summed E-state index contributed by atoms with van der Waals surface area (Å²) in [6.07, 6.45) is 3.60. The van der Waals surface area contributed by atoms with Gasteiger partial charge in [-0.25, -0.2) is 0 Å². The first kappa shape index (κ1) is 19.7. The van der Waals surface area contributed by atoms with Crippen molar-refractivity contribution >= 4 is 24.2 Å². The number of nitrogens with one attached hydrogen (secondary N) is 1. The van der Waals surface area contributed by atoms with Crippen LogP contribution in [0.2, 0.25) is 0 Å². The first-order valence-corrected chi connectivity index (χ1v) is 8.86. The van der Waals surface area contributed by atoms with Crippen LogP contribution in [0.15, 0.2) is 30.3 Å². The Morgan fingerprint density at radius 3 is 2.48 bits per heavy atom. The van der Waals surface area contributed by atoms with Crippen LogP contribution in [0.4, 0.5) is 0 Å². The van der Waals surface area contributed by atoms with Crippen LogP contribution >= 0.6 is 12.4 Å². The van der Waals surface area contributed by atoms with Gasteiger partial charge in [0.2, 0.25) is 11.8 Å². The maximum Gasteiger partial charge on any atom is 0.236 e. The molecule has 2 heterocycles. The van der Waals surface area contributed by atoms with Crippen LogP contribution in [0.25, 0.3) is 0 Å². The van der Waals surface area contributed by atoms with E-state index in [2.05, 4.69) is 17.4 Å². The summed E-state index contributed by atoms with van der Waals surface area (Å²) >= 11 is 0. The van der Waals surface area contributed by atoms with Crippen LogP contribution in [0.5, 0.6) is 0 Å². The van der Waals surface area contributed by atoms with E-state index in [9.17, 15) is 9.59 Å². The average molecular weight is 366 g/mol. The van der Waals surface area contributed by atoms with Gasteiger partial charge in [0.1, 0.15) is 0 Å². The predicted octanol–water partition coefficient (Wildman–Crippen LogP) is 2.06. The van der Waals surface area contributed by atoms with Gasteiger partial charge in [0.15, 0.2) is 0 Å². The fourth-order valence-corrected chi connectivity index (χ4v) is 3.95. The van der Waals surface area contributed by atoms with E-state index >= 15 is 0 Å². The number of halogens is 1. The molecule has 138 valence electrons. The number of nitrogens with zero attached hydrogens (tertiary/aromatic N) is 2. The molecule has 3 rings (SSSR count). The smallest absolute Gasteiger partial charge is 0.236 e. The minimum absolute atomic E-state index is 0. The number of piperidine rings is 2. The van der Waals surface area contributed by atoms with Gasteiger partial charge < -0.3 is 15.1 Å². The van der Waals surface area contributed by atoms with Crippen LogP contribution in [0, 0.1) is 5.41 Å². The Morgan fingerprint density at radius 1 is 1.16 bits per heavy atom. The number of amides is 2. The van der Waals surface area contributed by atoms with E-state index in [1.165, 1.54) is 5.56 Å². The standard InChI is InChI=1S/C19H27N3O2.ClH/c1-20-13-18(24)21-11-9-19(10-12-21)8-7-17(23)22(15-19)14-16-5-3-2-4-6-16;/h2-6,20H,7-15H2,1H3;1H. The molecule has 0 radical (unpaired) electrons. The quantitative estimate of drug-likeness (QED) is 0.888. The number of rotatable bonds is 4. The fraction of sp³-hybridized carbons (Fsp3) is 0.579. The highest BCUT2D eigenvalue weighted by atomic mass is 35.5. The fourth-order valence-electron chi connectivity index (χ4n) is 3.95. The van der Waals surface area contributed by atoms with E-state index in [4.69, 9.17) is 0 Å². The predicted molar refractivity (Wildman–Crippen MR) is 101 cm³/mol. The van der Waals surface area contributed by atoms with Crippen molar-refractivity contribution in [3.05, 3.63) is 35.9 Å². The molecule has 25 heavy (non-hydrogen) atoms. The third kappa shape index (κ3) is 4.73. The van der Waals surface area contributed by atoms with Crippen molar-refractivity contribution in [3.63, 3.8) is 0 Å². The summed E-state index contributed by atoms with van der Waals surface area (Å²) in [4.78, 5) is 28.3. The summed E-state index contributed by atoms with van der Waals surface area (Å²) in [5.41, 5.74) is 1.38. The third-order valence-corrected chi connectivity index (χ3v) is 5.47. The van der Waals surface area contributed by atoms with Gasteiger partial charge >= 0.3 is 0 Å². The Labute approximate surface area is 156 Å². The van der Waals surface area contributed by atoms with Crippen molar-refractivity contribution in [2.24, 2.45) is 5.41 Å². The molecular formula is C19H28ClN3O2. The Bertz CT molecular complexity index is 586. The zero-order valence-corrected chi connectivity index (χ0v) is 15.7. The summed E-state index contributed by atoms with van der Waals surface area (Å²) in [6.45, 7) is 3.56. The monoisotopic (exact) mass is 365 g/mol. The zero-order chi connectivity index (χ0) is 17.0. The summed E-state index contributed by atoms with van der Waals surface area (Å²) in [5.74, 6) is 0.443. The topological polar surface area (TPSA) is 52.7 Å². The van der Waals surface area contributed by atoms with Gasteiger partial charge in [-0.15, -0.1) is 12.4 Å². The average Bonchev–Trinajstić information content (AvgIpc) is 2.60. The highest BCUT2D eigenvalue weighted by Crippen LogP contribution is 2.40. The Hall–Kier alpha value is -1.59. The minimum atomic E-state index is 0. The second-order valence-electron chi connectivity index (χ2n) is 7.15. The molecule has 1 aromatic rings. The number of hydrogen-bond acceptors (Lipinski definition) is 3. The van der Waals surface area contributed by atoms with Gasteiger partial charge in [0, 0.05) is 32.6 Å². The highest BCUT2D eigenvalue weighted by Gasteiger charge is 2.41. The van der Waals surface area contributed by atoms with Gasteiger partial charge in [0.05, 0.1) is 6.54 Å². The molecule has 1 aromatic carbocycles. The SMILES string of the molecule is CNCC(=O)N1CCC2(CCC(=O)N(Cc3ccccc3)C2)CC1.Cl. The summed E-state index contributed by atoms with van der Waals surface area (Å²) in [7, 11) is 1.80. The zero-order valence-electron chi connectivity index (χ0n) is 14.9. The second kappa shape index (κ2) is 8.68. The van der Waals surface area contributed by atoms with Gasteiger partial charge in [-0.05, 0) is 37.3 Å². The van der Waals surface area contributed by atoms with E-state index in [0.29, 0.717) is 19.5 Å². The van der Waals surface area contributed by atoms with Crippen molar-refractivity contribution < 1.29 is 9.59 Å². The first-order valence-electron chi connectivity index (χ1n) is 8.86. The van der Waals surface area contributed by atoms with E-state index < -0.39 is 0 Å². The Balaban J connectivity index is 0.00000225. The molecule has 0 aliphatic carbocycles. The summed E-state index contributed by atoms with van der Waals surface area (Å²) in [6, 6.07) is 10.2. The number of carbonyl (C=O) groups is 2. The maximum atomic E-state index is 12.3. The van der Waals surface area contributed by atoms with Crippen molar-refractivity contribution in [3.8, 4) is 0 Å². The molecule has 1 spiro atoms. The third-order valence-electron chi connectivity index (χ3n) is 5.47.